The maximum absolute atomic E-state index is 13.3. The summed E-state index contributed by atoms with van der Waals surface area (Å²) in [6.45, 7) is 5.23. The van der Waals surface area contributed by atoms with Crippen LogP contribution >= 0.6 is 0 Å². The van der Waals surface area contributed by atoms with Crippen LogP contribution in [0, 0.1) is 25.5 Å². The van der Waals surface area contributed by atoms with E-state index in [0.29, 0.717) is 31.9 Å². The molecule has 0 saturated carbocycles. The average Bonchev–Trinajstić information content (AvgIpc) is 2.69. The molecule has 1 heterocycles. The molecule has 0 bridgehead atoms. The first-order valence-electron chi connectivity index (χ1n) is 9.07. The molecule has 0 radical (unpaired) electrons. The predicted octanol–water partition coefficient (Wildman–Crippen LogP) is 2.95. The van der Waals surface area contributed by atoms with Gasteiger partial charge in [0.05, 0.1) is 0 Å². The lowest BCUT2D eigenvalue weighted by atomic mass is 10.1. The van der Waals surface area contributed by atoms with E-state index in [0.717, 1.165) is 23.3 Å². The van der Waals surface area contributed by atoms with Crippen LogP contribution in [0.2, 0.25) is 0 Å². The Morgan fingerprint density at radius 3 is 2.25 bits per heavy atom. The van der Waals surface area contributed by atoms with Gasteiger partial charge < -0.3 is 14.5 Å². The van der Waals surface area contributed by atoms with Crippen LogP contribution < -0.4 is 4.74 Å². The summed E-state index contributed by atoms with van der Waals surface area (Å²) in [4.78, 5) is 28.0. The van der Waals surface area contributed by atoms with Crippen molar-refractivity contribution in [2.75, 3.05) is 32.8 Å². The van der Waals surface area contributed by atoms with Gasteiger partial charge in [-0.25, -0.2) is 8.78 Å². The van der Waals surface area contributed by atoms with Gasteiger partial charge in [-0.2, -0.15) is 0 Å². The Morgan fingerprint density at radius 1 is 0.929 bits per heavy atom. The molecule has 3 rings (SSSR count). The number of benzene rings is 2. The standard InChI is InChI=1S/C21H22F2N2O3/c1-14-3-6-19(15(2)11-14)28-13-20(26)24-7-9-25(10-8-24)21(27)16-4-5-17(22)18(23)12-16/h3-6,11-12H,7-10,13H2,1-2H3. The van der Waals surface area contributed by atoms with Gasteiger partial charge in [0.15, 0.2) is 18.2 Å². The second kappa shape index (κ2) is 8.37. The third-order valence-corrected chi connectivity index (χ3v) is 4.77. The number of rotatable bonds is 4. The van der Waals surface area contributed by atoms with E-state index < -0.39 is 11.6 Å². The minimum Gasteiger partial charge on any atom is -0.484 e. The number of nitrogens with zero attached hydrogens (tertiary/aromatic N) is 2. The number of hydrogen-bond acceptors (Lipinski definition) is 3. The summed E-state index contributed by atoms with van der Waals surface area (Å²) >= 11 is 0. The molecule has 2 amide bonds. The molecule has 0 aliphatic carbocycles. The average molecular weight is 388 g/mol. The molecular formula is C21H22F2N2O3. The minimum atomic E-state index is -1.05. The van der Waals surface area contributed by atoms with Gasteiger partial charge in [0.2, 0.25) is 0 Å². The Labute approximate surface area is 162 Å². The summed E-state index contributed by atoms with van der Waals surface area (Å²) in [5.74, 6) is -1.90. The molecule has 5 nitrogen and oxygen atoms in total. The van der Waals surface area contributed by atoms with Crippen LogP contribution in [0.1, 0.15) is 21.5 Å². The van der Waals surface area contributed by atoms with Crippen molar-refractivity contribution in [1.82, 2.24) is 9.80 Å². The lowest BCUT2D eigenvalue weighted by Crippen LogP contribution is -2.51. The molecular weight excluding hydrogens is 366 g/mol. The number of aryl methyl sites for hydroxylation is 2. The summed E-state index contributed by atoms with van der Waals surface area (Å²) in [5, 5.41) is 0. The first-order chi connectivity index (χ1) is 13.3. The second-order valence-electron chi connectivity index (χ2n) is 6.86. The number of carbonyl (C=O) groups is 2. The van der Waals surface area contributed by atoms with Crippen molar-refractivity contribution in [3.63, 3.8) is 0 Å². The minimum absolute atomic E-state index is 0.0684. The lowest BCUT2D eigenvalue weighted by molar-refractivity contribution is -0.134. The Hall–Kier alpha value is -2.96. The van der Waals surface area contributed by atoms with E-state index in [1.807, 2.05) is 32.0 Å². The number of halogens is 2. The molecule has 0 N–H and O–H groups in total. The quantitative estimate of drug-likeness (QED) is 0.809. The van der Waals surface area contributed by atoms with E-state index in [1.165, 1.54) is 11.0 Å². The third kappa shape index (κ3) is 4.47. The van der Waals surface area contributed by atoms with Crippen LogP contribution in [0.15, 0.2) is 36.4 Å². The van der Waals surface area contributed by atoms with Crippen molar-refractivity contribution in [2.45, 2.75) is 13.8 Å². The molecule has 28 heavy (non-hydrogen) atoms. The van der Waals surface area contributed by atoms with Gasteiger partial charge >= 0.3 is 0 Å². The van der Waals surface area contributed by atoms with Crippen LogP contribution in [0.4, 0.5) is 8.78 Å². The molecule has 1 saturated heterocycles. The highest BCUT2D eigenvalue weighted by Gasteiger charge is 2.25. The van der Waals surface area contributed by atoms with Gasteiger partial charge in [0, 0.05) is 31.7 Å². The fourth-order valence-corrected chi connectivity index (χ4v) is 3.16. The Balaban J connectivity index is 1.52. The van der Waals surface area contributed by atoms with Crippen LogP contribution in [-0.2, 0) is 4.79 Å². The van der Waals surface area contributed by atoms with E-state index in [-0.39, 0.29) is 24.0 Å². The SMILES string of the molecule is Cc1ccc(OCC(=O)N2CCN(C(=O)c3ccc(F)c(F)c3)CC2)c(C)c1. The molecule has 0 unspecified atom stereocenters. The van der Waals surface area contributed by atoms with Crippen molar-refractivity contribution in [3.8, 4) is 5.75 Å². The van der Waals surface area contributed by atoms with Gasteiger partial charge in [-0.15, -0.1) is 0 Å². The van der Waals surface area contributed by atoms with Gasteiger partial charge in [0.25, 0.3) is 11.8 Å². The second-order valence-corrected chi connectivity index (χ2v) is 6.86. The molecule has 0 aromatic heterocycles. The van der Waals surface area contributed by atoms with Crippen molar-refractivity contribution in [3.05, 3.63) is 64.7 Å². The number of hydrogen-bond donors (Lipinski definition) is 0. The maximum Gasteiger partial charge on any atom is 0.260 e. The highest BCUT2D eigenvalue weighted by Crippen LogP contribution is 2.19. The third-order valence-electron chi connectivity index (χ3n) is 4.77. The fourth-order valence-electron chi connectivity index (χ4n) is 3.16. The molecule has 2 aromatic rings. The topological polar surface area (TPSA) is 49.9 Å². The summed E-state index contributed by atoms with van der Waals surface area (Å²) in [5.41, 5.74) is 2.18. The maximum atomic E-state index is 13.3. The monoisotopic (exact) mass is 388 g/mol. The molecule has 1 aliphatic rings. The summed E-state index contributed by atoms with van der Waals surface area (Å²) in [6.07, 6.45) is 0. The lowest BCUT2D eigenvalue weighted by Gasteiger charge is -2.34. The number of amides is 2. The van der Waals surface area contributed by atoms with Crippen LogP contribution in [0.25, 0.3) is 0 Å². The number of ether oxygens (including phenoxy) is 1. The first kappa shape index (κ1) is 19.8. The van der Waals surface area contributed by atoms with E-state index >= 15 is 0 Å². The molecule has 148 valence electrons. The largest absolute Gasteiger partial charge is 0.484 e. The van der Waals surface area contributed by atoms with Gasteiger partial charge in [-0.05, 0) is 43.7 Å². The summed E-state index contributed by atoms with van der Waals surface area (Å²) in [6, 6.07) is 8.85. The van der Waals surface area contributed by atoms with E-state index in [1.54, 1.807) is 4.90 Å². The zero-order valence-electron chi connectivity index (χ0n) is 15.9. The Kier molecular flexibility index (Phi) is 5.92. The number of carbonyl (C=O) groups excluding carboxylic acids is 2. The van der Waals surface area contributed by atoms with Crippen molar-refractivity contribution in [1.29, 1.82) is 0 Å². The summed E-state index contributed by atoms with van der Waals surface area (Å²) in [7, 11) is 0. The van der Waals surface area contributed by atoms with E-state index in [2.05, 4.69) is 0 Å². The fraction of sp³-hybridized carbons (Fsp3) is 0.333. The zero-order chi connectivity index (χ0) is 20.3. The van der Waals surface area contributed by atoms with Gasteiger partial charge in [-0.1, -0.05) is 17.7 Å². The Morgan fingerprint density at radius 2 is 1.61 bits per heavy atom. The zero-order valence-corrected chi connectivity index (χ0v) is 15.9. The molecule has 0 atom stereocenters. The van der Waals surface area contributed by atoms with Crippen molar-refractivity contribution in [2.24, 2.45) is 0 Å². The van der Waals surface area contributed by atoms with Crippen molar-refractivity contribution < 1.29 is 23.1 Å². The van der Waals surface area contributed by atoms with Crippen LogP contribution in [-0.4, -0.2) is 54.4 Å². The Bertz CT molecular complexity index is 893. The first-order valence-corrected chi connectivity index (χ1v) is 9.07. The highest BCUT2D eigenvalue weighted by atomic mass is 19.2. The molecule has 1 aliphatic heterocycles. The van der Waals surface area contributed by atoms with Crippen LogP contribution in [0.3, 0.4) is 0 Å². The molecule has 2 aromatic carbocycles. The molecule has 1 fully saturated rings. The van der Waals surface area contributed by atoms with E-state index in [4.69, 9.17) is 4.74 Å². The smallest absolute Gasteiger partial charge is 0.260 e. The highest BCUT2D eigenvalue weighted by molar-refractivity contribution is 5.94. The summed E-state index contributed by atoms with van der Waals surface area (Å²) < 4.78 is 32.0. The van der Waals surface area contributed by atoms with E-state index in [9.17, 15) is 18.4 Å². The molecule has 7 heteroatoms. The normalized spacial score (nSPS) is 14.1. The van der Waals surface area contributed by atoms with Gasteiger partial charge in [-0.3, -0.25) is 9.59 Å². The molecule has 0 spiro atoms. The van der Waals surface area contributed by atoms with Crippen LogP contribution in [0.5, 0.6) is 5.75 Å². The number of piperazine rings is 1. The van der Waals surface area contributed by atoms with Crippen molar-refractivity contribution >= 4 is 11.8 Å². The van der Waals surface area contributed by atoms with Gasteiger partial charge in [0.1, 0.15) is 5.75 Å². The predicted molar refractivity (Wildman–Crippen MR) is 100 cm³/mol.